The first kappa shape index (κ1) is 124. The number of likely N-dealkylation sites (tertiary alicyclic amines) is 4. The molecule has 0 spiro atoms. The second-order valence-electron chi connectivity index (χ2n) is 46.3. The number of nitrogens with zero attached hydrogens (tertiary/aromatic N) is 4. The van der Waals surface area contributed by atoms with Crippen LogP contribution in [0.4, 0.5) is 0 Å². The minimum absolute atomic E-state index is 0.0294. The van der Waals surface area contributed by atoms with E-state index in [0.717, 1.165) is 142 Å². The molecule has 0 aromatic rings. The number of ether oxygens (including phenoxy) is 4. The summed E-state index contributed by atoms with van der Waals surface area (Å²) >= 11 is 0. The highest BCUT2D eigenvalue weighted by atomic mass is 16.5. The summed E-state index contributed by atoms with van der Waals surface area (Å²) in [5, 5.41) is 12.5. The van der Waals surface area contributed by atoms with Crippen molar-refractivity contribution in [1.82, 2.24) is 40.9 Å². The van der Waals surface area contributed by atoms with E-state index in [1.165, 1.54) is 0 Å². The molecule has 768 valence electrons. The van der Waals surface area contributed by atoms with Crippen molar-refractivity contribution in [2.75, 3.05) is 65.7 Å². The van der Waals surface area contributed by atoms with Gasteiger partial charge in [-0.3, -0.25) is 57.5 Å². The predicted molar refractivity (Wildman–Crippen MR) is 535 cm³/mol. The quantitative estimate of drug-likeness (QED) is 0.0325. The monoisotopic (exact) mass is 1870 g/mol. The lowest BCUT2D eigenvalue weighted by Crippen LogP contribution is -2.53. The second kappa shape index (κ2) is 56.5. The maximum atomic E-state index is 13.6. The lowest BCUT2D eigenvalue weighted by Gasteiger charge is -2.42. The zero-order chi connectivity index (χ0) is 101. The van der Waals surface area contributed by atoms with Gasteiger partial charge >= 0.3 is 23.9 Å². The van der Waals surface area contributed by atoms with E-state index in [9.17, 15) is 57.5 Å². The van der Waals surface area contributed by atoms with Gasteiger partial charge in [0.05, 0.1) is 48.1 Å². The van der Waals surface area contributed by atoms with Gasteiger partial charge in [-0.15, -0.1) is 0 Å². The molecule has 14 unspecified atom stereocenters. The van der Waals surface area contributed by atoms with Gasteiger partial charge in [0.15, 0.2) is 0 Å². The van der Waals surface area contributed by atoms with Crippen molar-refractivity contribution in [2.24, 2.45) is 66.0 Å². The molecule has 0 saturated carbocycles. The Bertz CT molecular complexity index is 3570. The Kier molecular flexibility index (Phi) is 52.9. The maximum Gasteiger partial charge on any atom is 0.311 e. The number of hydrogen-bond acceptors (Lipinski definition) is 16. The molecule has 4 aliphatic heterocycles. The van der Waals surface area contributed by atoms with Crippen LogP contribution < -0.4 is 21.3 Å². The third kappa shape index (κ3) is 40.7. The molecule has 4 heterocycles. The van der Waals surface area contributed by atoms with Crippen molar-refractivity contribution in [3.63, 3.8) is 0 Å². The maximum absolute atomic E-state index is 13.6. The van der Waals surface area contributed by atoms with Crippen LogP contribution in [0.25, 0.3) is 0 Å². The Morgan fingerprint density at radius 3 is 0.811 bits per heavy atom. The minimum Gasteiger partial charge on any atom is -0.466 e. The van der Waals surface area contributed by atoms with Crippen LogP contribution in [0.15, 0.2) is 0 Å². The summed E-state index contributed by atoms with van der Waals surface area (Å²) in [7, 11) is 0. The van der Waals surface area contributed by atoms with Crippen LogP contribution in [-0.4, -0.2) is 192 Å². The summed E-state index contributed by atoms with van der Waals surface area (Å²) in [6.07, 6.45) is 26.4. The molecular weight excluding hydrogens is 1670 g/mol. The molecule has 4 N–H and O–H groups in total. The predicted octanol–water partition coefficient (Wildman–Crippen LogP) is 21.9. The van der Waals surface area contributed by atoms with E-state index in [4.69, 9.17) is 18.9 Å². The number of hydrogen-bond donors (Lipinski definition) is 4. The van der Waals surface area contributed by atoms with Gasteiger partial charge in [-0.2, -0.15) is 0 Å². The molecule has 0 aliphatic carbocycles. The fraction of sp³-hybridized carbons (Fsp3) is 0.889. The molecule has 4 aliphatic rings. The van der Waals surface area contributed by atoms with Crippen molar-refractivity contribution in [1.29, 1.82) is 0 Å². The normalized spacial score (nSPS) is 19.9. The van der Waals surface area contributed by atoms with E-state index in [1.54, 1.807) is 13.8 Å². The molecule has 24 heteroatoms. The molecule has 132 heavy (non-hydrogen) atoms. The fourth-order valence-electron chi connectivity index (χ4n) is 21.6. The summed E-state index contributed by atoms with van der Waals surface area (Å²) in [4.78, 5) is 164. The molecule has 0 aromatic heterocycles. The van der Waals surface area contributed by atoms with Gasteiger partial charge in [0, 0.05) is 122 Å². The van der Waals surface area contributed by atoms with E-state index in [2.05, 4.69) is 118 Å². The smallest absolute Gasteiger partial charge is 0.311 e. The lowest BCUT2D eigenvalue weighted by molar-refractivity contribution is -0.161. The van der Waals surface area contributed by atoms with Crippen LogP contribution in [0.3, 0.4) is 0 Å². The van der Waals surface area contributed by atoms with Gasteiger partial charge in [-0.05, 0) is 275 Å². The zero-order valence-electron chi connectivity index (χ0n) is 90.9. The van der Waals surface area contributed by atoms with Crippen LogP contribution in [-0.2, 0) is 76.5 Å². The number of unbranched alkanes of at least 4 members (excludes halogenated alkanes) is 2. The third-order valence-electron chi connectivity index (χ3n) is 29.0. The first-order valence-electron chi connectivity index (χ1n) is 52.2. The third-order valence-corrected chi connectivity index (χ3v) is 29.0. The van der Waals surface area contributed by atoms with Crippen LogP contribution in [0.5, 0.6) is 0 Å². The minimum atomic E-state index is -0.877. The fourth-order valence-corrected chi connectivity index (χ4v) is 21.6. The van der Waals surface area contributed by atoms with Crippen molar-refractivity contribution in [3.05, 3.63) is 0 Å². The van der Waals surface area contributed by atoms with Crippen LogP contribution in [0.2, 0.25) is 0 Å². The second-order valence-corrected chi connectivity index (χ2v) is 46.3. The van der Waals surface area contributed by atoms with Gasteiger partial charge in [0.25, 0.3) is 0 Å². The highest BCUT2D eigenvalue weighted by molar-refractivity contribution is 5.88. The topological polar surface area (TPSA) is 303 Å². The average molecular weight is 1870 g/mol. The zero-order valence-corrected chi connectivity index (χ0v) is 90.9. The largest absolute Gasteiger partial charge is 0.466 e. The van der Waals surface area contributed by atoms with Crippen LogP contribution in [0, 0.1) is 66.0 Å². The number of nitrogens with one attached hydrogen (secondary N) is 4. The first-order valence-corrected chi connectivity index (χ1v) is 52.2. The Morgan fingerprint density at radius 2 is 0.568 bits per heavy atom. The molecule has 4 rings (SSSR count). The summed E-state index contributed by atoms with van der Waals surface area (Å²) in [5.41, 5.74) is -6.84. The highest BCUT2D eigenvalue weighted by Gasteiger charge is 2.52. The van der Waals surface area contributed by atoms with Crippen LogP contribution >= 0.6 is 0 Å². The summed E-state index contributed by atoms with van der Waals surface area (Å²) < 4.78 is 22.6. The summed E-state index contributed by atoms with van der Waals surface area (Å²) in [5.74, 6) is 0.244. The molecule has 8 amide bonds. The van der Waals surface area contributed by atoms with Gasteiger partial charge in [-0.25, -0.2) is 0 Å². The van der Waals surface area contributed by atoms with Crippen molar-refractivity contribution in [3.8, 4) is 0 Å². The van der Waals surface area contributed by atoms with E-state index in [-0.39, 0.29) is 117 Å². The molecule has 24 nitrogen and oxygen atoms in total. The van der Waals surface area contributed by atoms with Gasteiger partial charge < -0.3 is 59.8 Å². The average Bonchev–Trinajstić information content (AvgIpc) is 0.857. The Labute approximate surface area is 804 Å². The lowest BCUT2D eigenvalue weighted by atomic mass is 9.68. The molecule has 4 fully saturated rings. The van der Waals surface area contributed by atoms with Crippen molar-refractivity contribution in [2.45, 2.75) is 489 Å². The summed E-state index contributed by atoms with van der Waals surface area (Å²) in [6.45, 7) is 74.3. The SMILES string of the molecule is CCCCC(CC)COC(=O)C(C)(CC)CC(C)(CC(C)N1CCCC1=O)C(=O)NCC.CCCCC(CC)COC(=O)C(C)(CC)CC(C)(CC(C)N1CCCCCC1=O)C(=O)NCC.CCOC(=O)C(C)(CC(C)N1CCCC1=O)CC(C)(CC)C(=O)NC(C)(C)CC(C)(C)C.CCOC(=O)C(C)(CC(C)N1CCCCCC1=O)CC(C)(CC)C(=O)NC(C)(C)CC(C)(C)C. The highest BCUT2D eigenvalue weighted by Crippen LogP contribution is 2.48. The van der Waals surface area contributed by atoms with E-state index in [1.807, 2.05) is 144 Å². The number of carbonyl (C=O) groups is 12. The van der Waals surface area contributed by atoms with E-state index >= 15 is 0 Å². The number of rotatable bonds is 52. The van der Waals surface area contributed by atoms with Gasteiger partial charge in [-0.1, -0.05) is 176 Å². The Balaban J connectivity index is 0.000000880. The molecule has 0 radical (unpaired) electrons. The van der Waals surface area contributed by atoms with Crippen molar-refractivity contribution < 1.29 is 76.5 Å². The van der Waals surface area contributed by atoms with E-state index < -0.39 is 43.3 Å². The van der Waals surface area contributed by atoms with Gasteiger partial charge in [0.1, 0.15) is 0 Å². The van der Waals surface area contributed by atoms with E-state index in [0.29, 0.717) is 154 Å². The number of carbonyl (C=O) groups excluding carboxylic acids is 12. The standard InChI is InChI=1S/2C28H52N2O4.2C26H48N2O4/c1-11-27(9,23(32)29-26(7,8)19-25(4,5)6)20-28(10,24(33)34-12-2)18-21(3)30-17-15-13-14-16-22(30)31;1-8-12-16-23(9-2)20-34-26(33)27(6,10-3)21-28(7,25(32)29-11-4)19-22(5)30-18-15-13-14-17-24(30)31;1-11-25(9,21(30)27-24(7,8)17-23(4,5)6)18-26(10,22(31)32-12-2)16-19(3)28-15-13-14-20(28)29;1-8-12-14-21(9-2)18-32-24(31)25(6,10-3)19-26(7,23(30)27-11-4)17-20(5)28-16-13-15-22(28)29/h21H,11-20H2,1-10H3,(H,29,32);22-23H,8-21H2,1-7H3,(H,29,32);19H,11-18H2,1-10H3,(H,27,30);20-21H,8-19H2,1-7H3,(H,27,30). The number of amides is 8. The first-order chi connectivity index (χ1) is 61.1. The summed E-state index contributed by atoms with van der Waals surface area (Å²) in [6, 6.07) is -0.287. The molecule has 4 saturated heterocycles. The van der Waals surface area contributed by atoms with Crippen LogP contribution in [0.1, 0.15) is 454 Å². The molecule has 0 aromatic carbocycles. The van der Waals surface area contributed by atoms with Gasteiger partial charge in [0.2, 0.25) is 47.3 Å². The molecular formula is C108H200N8O16. The number of esters is 4. The Morgan fingerprint density at radius 1 is 0.311 bits per heavy atom. The molecule has 0 bridgehead atoms. The Hall–Kier alpha value is -6.36. The molecule has 14 atom stereocenters. The van der Waals surface area contributed by atoms with Crippen molar-refractivity contribution >= 4 is 71.1 Å².